The third kappa shape index (κ3) is 3.62. The number of rotatable bonds is 4. The van der Waals surface area contributed by atoms with Gasteiger partial charge < -0.3 is 4.74 Å². The van der Waals surface area contributed by atoms with Crippen LogP contribution in [0.2, 0.25) is 0 Å². The van der Waals surface area contributed by atoms with Gasteiger partial charge in [0.15, 0.2) is 0 Å². The number of esters is 1. The van der Waals surface area contributed by atoms with Crippen LogP contribution in [0.4, 0.5) is 10.3 Å². The van der Waals surface area contributed by atoms with Crippen LogP contribution in [0.3, 0.4) is 0 Å². The van der Waals surface area contributed by atoms with Gasteiger partial charge in [0.05, 0.1) is 5.56 Å². The van der Waals surface area contributed by atoms with Gasteiger partial charge >= 0.3 is 5.97 Å². The first-order chi connectivity index (χ1) is 15.6. The zero-order valence-corrected chi connectivity index (χ0v) is 17.3. The van der Waals surface area contributed by atoms with Crippen LogP contribution >= 0.6 is 0 Å². The van der Waals surface area contributed by atoms with E-state index in [1.807, 2.05) is 6.07 Å². The molecule has 0 atom stereocenters. The van der Waals surface area contributed by atoms with E-state index in [0.29, 0.717) is 36.8 Å². The average molecular weight is 432 g/mol. The van der Waals surface area contributed by atoms with Crippen molar-refractivity contribution in [3.63, 3.8) is 0 Å². The van der Waals surface area contributed by atoms with Crippen LogP contribution in [0.1, 0.15) is 47.2 Å². The number of benzene rings is 1. The van der Waals surface area contributed by atoms with Crippen molar-refractivity contribution in [1.82, 2.24) is 15.0 Å². The number of aromatic nitrogens is 3. The molecule has 1 saturated carbocycles. The molecule has 3 heterocycles. The van der Waals surface area contributed by atoms with Gasteiger partial charge in [-0.3, -0.25) is 15.1 Å². The van der Waals surface area contributed by atoms with Crippen molar-refractivity contribution < 1.29 is 18.7 Å². The highest BCUT2D eigenvalue weighted by Crippen LogP contribution is 2.47. The van der Waals surface area contributed by atoms with Gasteiger partial charge in [0.25, 0.3) is 0 Å². The molecule has 2 aliphatic rings. The number of ether oxygens (including phenoxy) is 1. The van der Waals surface area contributed by atoms with Crippen LogP contribution in [-0.2, 0) is 21.8 Å². The second kappa shape index (κ2) is 8.11. The summed E-state index contributed by atoms with van der Waals surface area (Å²) >= 11 is 0. The SMILES string of the molecule is O=C1OC2(CCC(C(=O)Nc3ncc(-c4cccc(CF)c4)cn3)CC2)c2cnccc21. The summed E-state index contributed by atoms with van der Waals surface area (Å²) < 4.78 is 18.6. The maximum absolute atomic E-state index is 12.9. The van der Waals surface area contributed by atoms with Crippen LogP contribution in [0, 0.1) is 5.92 Å². The quantitative estimate of drug-likeness (QED) is 0.621. The number of nitrogens with zero attached hydrogens (tertiary/aromatic N) is 3. The average Bonchev–Trinajstić information content (AvgIpc) is 3.11. The van der Waals surface area contributed by atoms with E-state index in [0.717, 1.165) is 16.7 Å². The van der Waals surface area contributed by atoms with Gasteiger partial charge in [-0.05, 0) is 48.9 Å². The molecule has 0 unspecified atom stereocenters. The predicted molar refractivity (Wildman–Crippen MR) is 114 cm³/mol. The van der Waals surface area contributed by atoms with Gasteiger partial charge in [-0.15, -0.1) is 0 Å². The number of anilines is 1. The third-order valence-corrected chi connectivity index (χ3v) is 6.29. The number of fused-ring (bicyclic) bond motifs is 2. The van der Waals surface area contributed by atoms with E-state index in [-0.39, 0.29) is 23.7 Å². The molecule has 1 fully saturated rings. The van der Waals surface area contributed by atoms with Crippen molar-refractivity contribution >= 4 is 17.8 Å². The standard InChI is InChI=1S/C24H21FN4O3/c25-11-15-2-1-3-17(10-15)18-12-27-23(28-13-18)29-21(30)16-4-7-24(8-5-16)20-14-26-9-6-19(20)22(31)32-24/h1-3,6,9-10,12-14,16H,4-5,7-8,11H2,(H,27,28,29,30). The number of carbonyl (C=O) groups is 2. The zero-order valence-electron chi connectivity index (χ0n) is 17.3. The number of nitrogens with one attached hydrogen (secondary N) is 1. The van der Waals surface area contributed by atoms with Gasteiger partial charge in [-0.1, -0.05) is 18.2 Å². The number of hydrogen-bond donors (Lipinski definition) is 1. The highest BCUT2D eigenvalue weighted by Gasteiger charge is 2.48. The molecule has 1 amide bonds. The Morgan fingerprint density at radius 3 is 2.66 bits per heavy atom. The van der Waals surface area contributed by atoms with Crippen LogP contribution in [0.25, 0.3) is 11.1 Å². The third-order valence-electron chi connectivity index (χ3n) is 6.29. The number of carbonyl (C=O) groups excluding carboxylic acids is 2. The molecule has 3 aromatic rings. The normalized spacial score (nSPS) is 21.8. The Hall–Kier alpha value is -3.68. The Morgan fingerprint density at radius 2 is 1.91 bits per heavy atom. The minimum Gasteiger partial charge on any atom is -0.450 e. The highest BCUT2D eigenvalue weighted by molar-refractivity contribution is 5.95. The summed E-state index contributed by atoms with van der Waals surface area (Å²) in [6.07, 6.45) is 8.81. The Labute approximate surface area is 184 Å². The molecule has 1 aliphatic carbocycles. The topological polar surface area (TPSA) is 94.1 Å². The lowest BCUT2D eigenvalue weighted by Gasteiger charge is -2.35. The first kappa shape index (κ1) is 20.2. The van der Waals surface area contributed by atoms with Gasteiger partial charge in [0.1, 0.15) is 12.3 Å². The molecule has 1 spiro atoms. The van der Waals surface area contributed by atoms with E-state index in [1.54, 1.807) is 49.1 Å². The Balaban J connectivity index is 1.23. The number of pyridine rings is 1. The Bertz CT molecular complexity index is 1170. The molecular formula is C24H21FN4O3. The molecule has 162 valence electrons. The maximum Gasteiger partial charge on any atom is 0.339 e. The minimum atomic E-state index is -0.677. The summed E-state index contributed by atoms with van der Waals surface area (Å²) in [5.41, 5.74) is 2.85. The molecule has 1 aromatic carbocycles. The lowest BCUT2D eigenvalue weighted by Crippen LogP contribution is -2.36. The van der Waals surface area contributed by atoms with Crippen LogP contribution < -0.4 is 5.32 Å². The molecule has 7 nitrogen and oxygen atoms in total. The van der Waals surface area contributed by atoms with Crippen molar-refractivity contribution in [1.29, 1.82) is 0 Å². The van der Waals surface area contributed by atoms with Crippen molar-refractivity contribution in [2.24, 2.45) is 5.92 Å². The van der Waals surface area contributed by atoms with E-state index in [1.165, 1.54) is 0 Å². The number of alkyl halides is 1. The summed E-state index contributed by atoms with van der Waals surface area (Å²) in [6.45, 7) is -0.535. The smallest absolute Gasteiger partial charge is 0.339 e. The fourth-order valence-electron chi connectivity index (χ4n) is 4.53. The number of amides is 1. The molecule has 5 rings (SSSR count). The fraction of sp³-hybridized carbons (Fsp3) is 0.292. The van der Waals surface area contributed by atoms with Crippen molar-refractivity contribution in [2.75, 3.05) is 5.32 Å². The lowest BCUT2D eigenvalue weighted by molar-refractivity contribution is -0.122. The zero-order chi connectivity index (χ0) is 22.1. The summed E-state index contributed by atoms with van der Waals surface area (Å²) in [7, 11) is 0. The molecule has 32 heavy (non-hydrogen) atoms. The van der Waals surface area contributed by atoms with Crippen molar-refractivity contribution in [3.05, 3.63) is 71.8 Å². The molecule has 2 aromatic heterocycles. The largest absolute Gasteiger partial charge is 0.450 e. The predicted octanol–water partition coefficient (Wildman–Crippen LogP) is 4.20. The first-order valence-electron chi connectivity index (χ1n) is 10.5. The van der Waals surface area contributed by atoms with Crippen molar-refractivity contribution in [3.8, 4) is 11.1 Å². The van der Waals surface area contributed by atoms with Gasteiger partial charge in [0, 0.05) is 41.8 Å². The van der Waals surface area contributed by atoms with E-state index < -0.39 is 12.3 Å². The van der Waals surface area contributed by atoms with Gasteiger partial charge in [0.2, 0.25) is 11.9 Å². The van der Waals surface area contributed by atoms with E-state index in [4.69, 9.17) is 4.74 Å². The summed E-state index contributed by atoms with van der Waals surface area (Å²) in [5.74, 6) is -0.467. The molecule has 0 radical (unpaired) electrons. The second-order valence-corrected chi connectivity index (χ2v) is 8.20. The monoisotopic (exact) mass is 432 g/mol. The molecule has 0 saturated heterocycles. The van der Waals surface area contributed by atoms with Crippen LogP contribution in [0.5, 0.6) is 0 Å². The first-order valence-corrected chi connectivity index (χ1v) is 10.5. The van der Waals surface area contributed by atoms with E-state index >= 15 is 0 Å². The molecule has 0 bridgehead atoms. The minimum absolute atomic E-state index is 0.150. The molecule has 1 aliphatic heterocycles. The maximum atomic E-state index is 12.9. The number of halogens is 1. The molecular weight excluding hydrogens is 411 g/mol. The van der Waals surface area contributed by atoms with E-state index in [9.17, 15) is 14.0 Å². The highest BCUT2D eigenvalue weighted by atomic mass is 19.1. The van der Waals surface area contributed by atoms with E-state index in [2.05, 4.69) is 20.3 Å². The Morgan fingerprint density at radius 1 is 1.12 bits per heavy atom. The second-order valence-electron chi connectivity index (χ2n) is 8.20. The van der Waals surface area contributed by atoms with Gasteiger partial charge in [-0.25, -0.2) is 19.2 Å². The summed E-state index contributed by atoms with van der Waals surface area (Å²) in [4.78, 5) is 37.6. The lowest BCUT2D eigenvalue weighted by atomic mass is 9.75. The molecule has 1 N–H and O–H groups in total. The Kier molecular flexibility index (Phi) is 5.13. The molecule has 8 heteroatoms. The van der Waals surface area contributed by atoms with Gasteiger partial charge in [-0.2, -0.15) is 0 Å². The van der Waals surface area contributed by atoms with Crippen molar-refractivity contribution in [2.45, 2.75) is 38.0 Å². The number of hydrogen-bond acceptors (Lipinski definition) is 6. The van der Waals surface area contributed by atoms with Crippen LogP contribution in [0.15, 0.2) is 55.1 Å². The van der Waals surface area contributed by atoms with Crippen LogP contribution in [-0.4, -0.2) is 26.8 Å². The summed E-state index contributed by atoms with van der Waals surface area (Å²) in [5, 5.41) is 2.78. The summed E-state index contributed by atoms with van der Waals surface area (Å²) in [6, 6.07) is 8.79. The fourth-order valence-corrected chi connectivity index (χ4v) is 4.53.